The number of non-ortho nitro benzene ring substituents is 1. The molecule has 0 bridgehead atoms. The number of methoxy groups -OCH3 is 1. The summed E-state index contributed by atoms with van der Waals surface area (Å²) in [5.41, 5.74) is -0.153. The first-order valence-corrected chi connectivity index (χ1v) is 5.24. The number of nitro benzene ring substituents is 1. The highest BCUT2D eigenvalue weighted by atomic mass is 16.6. The lowest BCUT2D eigenvalue weighted by Gasteiger charge is -2.09. The molecule has 1 N–H and O–H groups in total. The van der Waals surface area contributed by atoms with Crippen molar-refractivity contribution < 1.29 is 19.2 Å². The number of carbonyl (C=O) groups is 1. The average molecular weight is 264 g/mol. The third kappa shape index (κ3) is 4.20. The lowest BCUT2D eigenvalue weighted by atomic mass is 10.3. The number of carbonyl (C=O) groups excluding carboxylic acids is 1. The summed E-state index contributed by atoms with van der Waals surface area (Å²) < 4.78 is 10.1. The van der Waals surface area contributed by atoms with Gasteiger partial charge in [-0.1, -0.05) is 5.92 Å². The molecule has 1 rings (SSSR count). The summed E-state index contributed by atoms with van der Waals surface area (Å²) in [6.45, 7) is -0.215. The summed E-state index contributed by atoms with van der Waals surface area (Å²) in [5, 5.41) is 13.0. The van der Waals surface area contributed by atoms with Crippen LogP contribution in [0.25, 0.3) is 0 Å². The van der Waals surface area contributed by atoms with Gasteiger partial charge in [-0.15, -0.1) is 6.42 Å². The van der Waals surface area contributed by atoms with Crippen molar-refractivity contribution in [3.05, 3.63) is 28.3 Å². The van der Waals surface area contributed by atoms with Crippen molar-refractivity contribution in [3.8, 4) is 23.8 Å². The Morgan fingerprint density at radius 2 is 2.26 bits per heavy atom. The fourth-order valence-corrected chi connectivity index (χ4v) is 1.24. The van der Waals surface area contributed by atoms with Crippen molar-refractivity contribution in [1.82, 2.24) is 5.32 Å². The average Bonchev–Trinajstić information content (AvgIpc) is 2.42. The molecule has 0 aromatic heterocycles. The molecule has 0 saturated carbocycles. The topological polar surface area (TPSA) is 90.7 Å². The zero-order valence-electron chi connectivity index (χ0n) is 10.2. The minimum absolute atomic E-state index is 0.0915. The second-order valence-corrected chi connectivity index (χ2v) is 3.36. The van der Waals surface area contributed by atoms with Crippen LogP contribution in [-0.2, 0) is 4.79 Å². The lowest BCUT2D eigenvalue weighted by molar-refractivity contribution is -0.385. The largest absolute Gasteiger partial charge is 0.493 e. The third-order valence-electron chi connectivity index (χ3n) is 2.10. The summed E-state index contributed by atoms with van der Waals surface area (Å²) >= 11 is 0. The Morgan fingerprint density at radius 1 is 1.53 bits per heavy atom. The van der Waals surface area contributed by atoms with Gasteiger partial charge in [-0.2, -0.15) is 0 Å². The highest BCUT2D eigenvalue weighted by Gasteiger charge is 2.13. The van der Waals surface area contributed by atoms with E-state index in [1.807, 2.05) is 0 Å². The van der Waals surface area contributed by atoms with Gasteiger partial charge in [-0.25, -0.2) is 0 Å². The Kier molecular flexibility index (Phi) is 5.17. The van der Waals surface area contributed by atoms with E-state index >= 15 is 0 Å². The molecule has 0 aliphatic heterocycles. The predicted octanol–water partition coefficient (Wildman–Crippen LogP) is 0.732. The number of rotatable bonds is 6. The number of nitrogens with one attached hydrogen (secondary N) is 1. The number of terminal acetylenes is 1. The first-order chi connectivity index (χ1) is 9.08. The van der Waals surface area contributed by atoms with E-state index in [9.17, 15) is 14.9 Å². The molecule has 0 aliphatic rings. The summed E-state index contributed by atoms with van der Waals surface area (Å²) in [6, 6.07) is 3.87. The van der Waals surface area contributed by atoms with Gasteiger partial charge in [-0.3, -0.25) is 14.9 Å². The Morgan fingerprint density at radius 3 is 2.84 bits per heavy atom. The van der Waals surface area contributed by atoms with Gasteiger partial charge in [0.1, 0.15) is 0 Å². The van der Waals surface area contributed by atoms with Crippen LogP contribution < -0.4 is 14.8 Å². The van der Waals surface area contributed by atoms with Crippen molar-refractivity contribution in [2.24, 2.45) is 0 Å². The highest BCUT2D eigenvalue weighted by molar-refractivity contribution is 5.77. The van der Waals surface area contributed by atoms with E-state index in [1.165, 1.54) is 25.3 Å². The molecule has 7 heteroatoms. The van der Waals surface area contributed by atoms with Gasteiger partial charge in [0.15, 0.2) is 18.1 Å². The quantitative estimate of drug-likeness (QED) is 0.464. The molecule has 7 nitrogen and oxygen atoms in total. The second kappa shape index (κ2) is 6.86. The standard InChI is InChI=1S/C12H12N2O5/c1-3-6-13-12(15)8-19-11-7-9(14(16)17)4-5-10(11)18-2/h1,4-5,7H,6,8H2,2H3,(H,13,15). The van der Waals surface area contributed by atoms with E-state index in [0.29, 0.717) is 5.75 Å². The number of nitrogens with zero attached hydrogens (tertiary/aromatic N) is 1. The summed E-state index contributed by atoms with van der Waals surface area (Å²) in [4.78, 5) is 21.4. The van der Waals surface area contributed by atoms with Gasteiger partial charge >= 0.3 is 0 Å². The summed E-state index contributed by atoms with van der Waals surface area (Å²) in [6.07, 6.45) is 4.98. The molecule has 0 saturated heterocycles. The Balaban J connectivity index is 2.75. The molecule has 0 aliphatic carbocycles. The van der Waals surface area contributed by atoms with Gasteiger partial charge in [0.05, 0.1) is 24.6 Å². The first kappa shape index (κ1) is 14.3. The Hall–Kier alpha value is -2.75. The smallest absolute Gasteiger partial charge is 0.273 e. The number of hydrogen-bond donors (Lipinski definition) is 1. The maximum Gasteiger partial charge on any atom is 0.273 e. The van der Waals surface area contributed by atoms with Crippen LogP contribution in [0, 0.1) is 22.5 Å². The van der Waals surface area contributed by atoms with E-state index in [1.54, 1.807) is 0 Å². The minimum Gasteiger partial charge on any atom is -0.493 e. The molecule has 100 valence electrons. The van der Waals surface area contributed by atoms with Crippen LogP contribution in [0.2, 0.25) is 0 Å². The number of benzene rings is 1. The fraction of sp³-hybridized carbons (Fsp3) is 0.250. The number of hydrogen-bond acceptors (Lipinski definition) is 5. The number of nitro groups is 1. The minimum atomic E-state index is -0.565. The molecule has 0 atom stereocenters. The zero-order chi connectivity index (χ0) is 14.3. The molecule has 1 aromatic rings. The molecule has 0 spiro atoms. The van der Waals surface area contributed by atoms with Crippen LogP contribution >= 0.6 is 0 Å². The first-order valence-electron chi connectivity index (χ1n) is 5.24. The van der Waals surface area contributed by atoms with Gasteiger partial charge in [0.25, 0.3) is 11.6 Å². The van der Waals surface area contributed by atoms with Gasteiger partial charge < -0.3 is 14.8 Å². The van der Waals surface area contributed by atoms with E-state index in [0.717, 1.165) is 0 Å². The maximum atomic E-state index is 11.3. The monoisotopic (exact) mass is 264 g/mol. The molecule has 0 fully saturated rings. The normalized spacial score (nSPS) is 9.26. The molecular weight excluding hydrogens is 252 g/mol. The van der Waals surface area contributed by atoms with E-state index in [2.05, 4.69) is 11.2 Å². The molecule has 0 unspecified atom stereocenters. The van der Waals surface area contributed by atoms with Gasteiger partial charge in [0, 0.05) is 6.07 Å². The van der Waals surface area contributed by atoms with E-state index in [4.69, 9.17) is 15.9 Å². The molecule has 0 heterocycles. The predicted molar refractivity (Wildman–Crippen MR) is 67.0 cm³/mol. The van der Waals surface area contributed by atoms with E-state index < -0.39 is 10.8 Å². The fourth-order valence-electron chi connectivity index (χ4n) is 1.24. The van der Waals surface area contributed by atoms with Crippen molar-refractivity contribution >= 4 is 11.6 Å². The van der Waals surface area contributed by atoms with Crippen molar-refractivity contribution in [2.75, 3.05) is 20.3 Å². The van der Waals surface area contributed by atoms with Gasteiger partial charge in [0.2, 0.25) is 0 Å². The van der Waals surface area contributed by atoms with Crippen LogP contribution in [0.3, 0.4) is 0 Å². The van der Waals surface area contributed by atoms with Gasteiger partial charge in [-0.05, 0) is 6.07 Å². The molecule has 19 heavy (non-hydrogen) atoms. The van der Waals surface area contributed by atoms with E-state index in [-0.39, 0.29) is 24.6 Å². The Labute approximate surface area is 109 Å². The molecular formula is C12H12N2O5. The van der Waals surface area contributed by atoms with Crippen LogP contribution in [0.15, 0.2) is 18.2 Å². The maximum absolute atomic E-state index is 11.3. The van der Waals surface area contributed by atoms with Crippen molar-refractivity contribution in [1.29, 1.82) is 0 Å². The summed E-state index contributed by atoms with van der Waals surface area (Å²) in [7, 11) is 1.40. The third-order valence-corrected chi connectivity index (χ3v) is 2.10. The van der Waals surface area contributed by atoms with Crippen LogP contribution in [0.5, 0.6) is 11.5 Å². The summed E-state index contributed by atoms with van der Waals surface area (Å²) in [5.74, 6) is 2.24. The SMILES string of the molecule is C#CCNC(=O)COc1cc([N+](=O)[O-])ccc1OC. The second-order valence-electron chi connectivity index (χ2n) is 3.36. The van der Waals surface area contributed by atoms with Crippen molar-refractivity contribution in [2.45, 2.75) is 0 Å². The van der Waals surface area contributed by atoms with Crippen LogP contribution in [0.4, 0.5) is 5.69 Å². The number of amides is 1. The van der Waals surface area contributed by atoms with Crippen LogP contribution in [0.1, 0.15) is 0 Å². The lowest BCUT2D eigenvalue weighted by Crippen LogP contribution is -2.29. The zero-order valence-corrected chi connectivity index (χ0v) is 10.2. The molecule has 1 aromatic carbocycles. The molecule has 0 radical (unpaired) electrons. The van der Waals surface area contributed by atoms with Crippen LogP contribution in [-0.4, -0.2) is 31.1 Å². The van der Waals surface area contributed by atoms with Crippen molar-refractivity contribution in [3.63, 3.8) is 0 Å². The number of ether oxygens (including phenoxy) is 2. The Bertz CT molecular complexity index is 521. The molecule has 1 amide bonds. The highest BCUT2D eigenvalue weighted by Crippen LogP contribution is 2.30.